The van der Waals surface area contributed by atoms with Crippen LogP contribution >= 0.6 is 0 Å². The van der Waals surface area contributed by atoms with E-state index in [1.54, 1.807) is 0 Å². The van der Waals surface area contributed by atoms with Crippen molar-refractivity contribution in [1.29, 1.82) is 0 Å². The molecule has 0 bridgehead atoms. The topological polar surface area (TPSA) is 17.1 Å². The van der Waals surface area contributed by atoms with Gasteiger partial charge in [-0.1, -0.05) is 26.7 Å². The van der Waals surface area contributed by atoms with E-state index < -0.39 is 0 Å². The first-order valence-electron chi connectivity index (χ1n) is 7.97. The Labute approximate surface area is 124 Å². The summed E-state index contributed by atoms with van der Waals surface area (Å²) >= 11 is 0. The molecule has 1 rings (SSSR count). The van der Waals surface area contributed by atoms with Crippen LogP contribution < -0.4 is 0 Å². The van der Waals surface area contributed by atoms with Crippen molar-refractivity contribution in [2.24, 2.45) is 5.92 Å². The standard InChI is InChI=1S/C19H30O/c1-8-10-11-17(9-2)19(20)18-15(6)13(4)12(3)14(5)16(18)7/h17H,8-11H2,1-7H3. The Balaban J connectivity index is 3.28. The first-order chi connectivity index (χ1) is 9.36. The molecule has 1 aromatic rings. The van der Waals surface area contributed by atoms with Crippen LogP contribution in [0.25, 0.3) is 0 Å². The normalized spacial score (nSPS) is 12.6. The van der Waals surface area contributed by atoms with Crippen LogP contribution in [0.3, 0.4) is 0 Å². The van der Waals surface area contributed by atoms with Crippen molar-refractivity contribution in [3.63, 3.8) is 0 Å². The fourth-order valence-electron chi connectivity index (χ4n) is 3.04. The number of unbranched alkanes of at least 4 members (excludes halogenated alkanes) is 1. The first-order valence-corrected chi connectivity index (χ1v) is 7.97. The molecular weight excluding hydrogens is 244 g/mol. The summed E-state index contributed by atoms with van der Waals surface area (Å²) in [5.74, 6) is 0.552. The smallest absolute Gasteiger partial charge is 0.166 e. The molecule has 1 atom stereocenters. The molecule has 20 heavy (non-hydrogen) atoms. The lowest BCUT2D eigenvalue weighted by Gasteiger charge is -2.21. The minimum absolute atomic E-state index is 0.189. The van der Waals surface area contributed by atoms with E-state index in [-0.39, 0.29) is 5.92 Å². The molecule has 112 valence electrons. The molecule has 0 aliphatic rings. The Kier molecular flexibility index (Phi) is 5.98. The fraction of sp³-hybridized carbons (Fsp3) is 0.632. The number of Topliss-reactive ketones (excluding diaryl/α,β-unsaturated/α-hetero) is 1. The van der Waals surface area contributed by atoms with Crippen LogP contribution in [-0.2, 0) is 0 Å². The van der Waals surface area contributed by atoms with Crippen molar-refractivity contribution in [3.8, 4) is 0 Å². The molecule has 0 saturated heterocycles. The summed E-state index contributed by atoms with van der Waals surface area (Å²) in [6.45, 7) is 15.0. The van der Waals surface area contributed by atoms with Gasteiger partial charge in [-0.15, -0.1) is 0 Å². The SMILES string of the molecule is CCCCC(CC)C(=O)c1c(C)c(C)c(C)c(C)c1C. The number of hydrogen-bond acceptors (Lipinski definition) is 1. The average Bonchev–Trinajstić information content (AvgIpc) is 2.44. The lowest BCUT2D eigenvalue weighted by atomic mass is 9.82. The van der Waals surface area contributed by atoms with Gasteiger partial charge >= 0.3 is 0 Å². The predicted molar refractivity (Wildman–Crippen MR) is 87.8 cm³/mol. The second-order valence-electron chi connectivity index (χ2n) is 6.11. The third-order valence-corrected chi connectivity index (χ3v) is 5.02. The molecule has 1 unspecified atom stereocenters. The van der Waals surface area contributed by atoms with Gasteiger partial charge in [0.25, 0.3) is 0 Å². The van der Waals surface area contributed by atoms with Crippen molar-refractivity contribution in [2.45, 2.75) is 74.1 Å². The molecule has 1 nitrogen and oxygen atoms in total. The maximum absolute atomic E-state index is 12.9. The van der Waals surface area contributed by atoms with E-state index in [0.717, 1.165) is 31.2 Å². The number of benzene rings is 1. The Hall–Kier alpha value is -1.11. The van der Waals surface area contributed by atoms with Gasteiger partial charge in [0.05, 0.1) is 0 Å². The number of ketones is 1. The van der Waals surface area contributed by atoms with Gasteiger partial charge in [-0.25, -0.2) is 0 Å². The number of carbonyl (C=O) groups excluding carboxylic acids is 1. The lowest BCUT2D eigenvalue weighted by molar-refractivity contribution is 0.0906. The first kappa shape index (κ1) is 16.9. The molecule has 0 amide bonds. The summed E-state index contributed by atoms with van der Waals surface area (Å²) in [5, 5.41) is 0. The number of rotatable bonds is 6. The lowest BCUT2D eigenvalue weighted by Crippen LogP contribution is -2.18. The van der Waals surface area contributed by atoms with Crippen LogP contribution in [-0.4, -0.2) is 5.78 Å². The quantitative estimate of drug-likeness (QED) is 0.615. The van der Waals surface area contributed by atoms with Gasteiger partial charge in [0, 0.05) is 11.5 Å². The van der Waals surface area contributed by atoms with Gasteiger partial charge in [-0.3, -0.25) is 4.79 Å². The Bertz CT molecular complexity index is 468. The monoisotopic (exact) mass is 274 g/mol. The largest absolute Gasteiger partial charge is 0.294 e. The van der Waals surface area contributed by atoms with Crippen LogP contribution in [0.1, 0.15) is 77.7 Å². The van der Waals surface area contributed by atoms with Crippen molar-refractivity contribution >= 4 is 5.78 Å². The maximum atomic E-state index is 12.9. The summed E-state index contributed by atoms with van der Waals surface area (Å²) in [4.78, 5) is 12.9. The summed E-state index contributed by atoms with van der Waals surface area (Å²) in [5.41, 5.74) is 7.26. The molecule has 0 N–H and O–H groups in total. The summed E-state index contributed by atoms with van der Waals surface area (Å²) < 4.78 is 0. The van der Waals surface area contributed by atoms with Crippen molar-refractivity contribution < 1.29 is 4.79 Å². The predicted octanol–water partition coefficient (Wildman–Crippen LogP) is 5.63. The van der Waals surface area contributed by atoms with Gasteiger partial charge in [0.2, 0.25) is 0 Å². The molecular formula is C19H30O. The van der Waals surface area contributed by atoms with Gasteiger partial charge in [-0.2, -0.15) is 0 Å². The average molecular weight is 274 g/mol. The minimum Gasteiger partial charge on any atom is -0.294 e. The molecule has 0 aliphatic heterocycles. The highest BCUT2D eigenvalue weighted by Gasteiger charge is 2.23. The van der Waals surface area contributed by atoms with Crippen molar-refractivity contribution in [2.75, 3.05) is 0 Å². The van der Waals surface area contributed by atoms with E-state index in [1.807, 2.05) is 0 Å². The summed E-state index contributed by atoms with van der Waals surface area (Å²) in [6, 6.07) is 0. The Morgan fingerprint density at radius 1 is 0.850 bits per heavy atom. The van der Waals surface area contributed by atoms with Crippen LogP contribution in [0.5, 0.6) is 0 Å². The zero-order valence-electron chi connectivity index (χ0n) is 14.3. The van der Waals surface area contributed by atoms with Gasteiger partial charge < -0.3 is 0 Å². The fourth-order valence-corrected chi connectivity index (χ4v) is 3.04. The molecule has 1 heteroatoms. The van der Waals surface area contributed by atoms with Crippen LogP contribution in [0.15, 0.2) is 0 Å². The molecule has 0 aliphatic carbocycles. The van der Waals surface area contributed by atoms with Gasteiger partial charge in [0.1, 0.15) is 0 Å². The van der Waals surface area contributed by atoms with E-state index >= 15 is 0 Å². The molecule has 0 heterocycles. The van der Waals surface area contributed by atoms with Crippen molar-refractivity contribution in [3.05, 3.63) is 33.4 Å². The third-order valence-electron chi connectivity index (χ3n) is 5.02. The van der Waals surface area contributed by atoms with Crippen LogP contribution in [0, 0.1) is 40.5 Å². The zero-order valence-corrected chi connectivity index (χ0v) is 14.3. The van der Waals surface area contributed by atoms with E-state index in [0.29, 0.717) is 5.78 Å². The minimum atomic E-state index is 0.189. The van der Waals surface area contributed by atoms with Crippen LogP contribution in [0.2, 0.25) is 0 Å². The molecule has 0 spiro atoms. The summed E-state index contributed by atoms with van der Waals surface area (Å²) in [6.07, 6.45) is 4.28. The second-order valence-corrected chi connectivity index (χ2v) is 6.11. The molecule has 1 aromatic carbocycles. The second kappa shape index (κ2) is 7.06. The highest BCUT2D eigenvalue weighted by Crippen LogP contribution is 2.29. The third kappa shape index (κ3) is 3.13. The molecule has 0 radical (unpaired) electrons. The summed E-state index contributed by atoms with van der Waals surface area (Å²) in [7, 11) is 0. The van der Waals surface area contributed by atoms with Crippen LogP contribution in [0.4, 0.5) is 0 Å². The Morgan fingerprint density at radius 2 is 1.30 bits per heavy atom. The maximum Gasteiger partial charge on any atom is 0.166 e. The number of hydrogen-bond donors (Lipinski definition) is 0. The van der Waals surface area contributed by atoms with E-state index in [4.69, 9.17) is 0 Å². The van der Waals surface area contributed by atoms with E-state index in [9.17, 15) is 4.79 Å². The van der Waals surface area contributed by atoms with Gasteiger partial charge in [0.15, 0.2) is 5.78 Å². The van der Waals surface area contributed by atoms with Gasteiger partial charge in [-0.05, 0) is 75.3 Å². The highest BCUT2D eigenvalue weighted by atomic mass is 16.1. The van der Waals surface area contributed by atoms with E-state index in [2.05, 4.69) is 48.5 Å². The molecule has 0 fully saturated rings. The number of carbonyl (C=O) groups is 1. The van der Waals surface area contributed by atoms with Crippen molar-refractivity contribution in [1.82, 2.24) is 0 Å². The van der Waals surface area contributed by atoms with E-state index in [1.165, 1.54) is 27.8 Å². The zero-order chi connectivity index (χ0) is 15.4. The highest BCUT2D eigenvalue weighted by molar-refractivity contribution is 6.01. The molecule has 0 aromatic heterocycles. The molecule has 0 saturated carbocycles. The Morgan fingerprint density at radius 3 is 1.70 bits per heavy atom.